The minimum atomic E-state index is -0.366. The summed E-state index contributed by atoms with van der Waals surface area (Å²) in [6.45, 7) is 1.98. The molecule has 0 saturated heterocycles. The first-order valence-electron chi connectivity index (χ1n) is 4.87. The molecular formula is C11H7Br2N3OS. The quantitative estimate of drug-likeness (QED) is 0.819. The summed E-state index contributed by atoms with van der Waals surface area (Å²) in [5, 5.41) is 12.5. The number of nitrogens with zero attached hydrogens (tertiary/aromatic N) is 1. The van der Waals surface area contributed by atoms with Crippen LogP contribution in [-0.2, 0) is 0 Å². The highest BCUT2D eigenvalue weighted by Crippen LogP contribution is 2.31. The summed E-state index contributed by atoms with van der Waals surface area (Å²) in [6.07, 6.45) is 0. The molecule has 1 aromatic carbocycles. The Morgan fingerprint density at radius 2 is 2.00 bits per heavy atom. The van der Waals surface area contributed by atoms with Gasteiger partial charge >= 0.3 is 0 Å². The number of aromatic amines is 1. The van der Waals surface area contributed by atoms with Crippen molar-refractivity contribution in [1.82, 2.24) is 4.37 Å². The summed E-state index contributed by atoms with van der Waals surface area (Å²) in [5.41, 5.74) is 1.62. The molecular weight excluding hydrogens is 382 g/mol. The Balaban J connectivity index is 2.41. The topological polar surface area (TPSA) is 68.7 Å². The van der Waals surface area contributed by atoms with Gasteiger partial charge in [-0.25, -0.2) is 0 Å². The van der Waals surface area contributed by atoms with Gasteiger partial charge in [0.1, 0.15) is 11.1 Å². The molecule has 0 aliphatic rings. The fraction of sp³-hybridized carbons (Fsp3) is 0.0909. The van der Waals surface area contributed by atoms with Crippen LogP contribution in [-0.4, -0.2) is 4.37 Å². The Kier molecular flexibility index (Phi) is 3.90. The third kappa shape index (κ3) is 2.51. The van der Waals surface area contributed by atoms with Crippen LogP contribution < -0.4 is 10.9 Å². The van der Waals surface area contributed by atoms with E-state index in [1.807, 2.05) is 25.1 Å². The highest BCUT2D eigenvalue weighted by atomic mass is 79.9. The normalized spacial score (nSPS) is 10.1. The number of hydrogen-bond donors (Lipinski definition) is 2. The van der Waals surface area contributed by atoms with Gasteiger partial charge in [0, 0.05) is 14.6 Å². The van der Waals surface area contributed by atoms with Crippen LogP contribution in [0.5, 0.6) is 0 Å². The molecule has 4 nitrogen and oxygen atoms in total. The van der Waals surface area contributed by atoms with Crippen LogP contribution in [0.1, 0.15) is 11.1 Å². The van der Waals surface area contributed by atoms with E-state index in [0.29, 0.717) is 5.00 Å². The molecule has 2 aromatic rings. The zero-order chi connectivity index (χ0) is 13.3. The number of nitriles is 1. The molecule has 0 aliphatic carbocycles. The first-order valence-corrected chi connectivity index (χ1v) is 7.27. The average Bonchev–Trinajstić information content (AvgIpc) is 2.66. The van der Waals surface area contributed by atoms with Gasteiger partial charge in [0.05, 0.1) is 0 Å². The van der Waals surface area contributed by atoms with Gasteiger partial charge in [-0.05, 0) is 36.2 Å². The van der Waals surface area contributed by atoms with E-state index in [1.54, 1.807) is 0 Å². The summed E-state index contributed by atoms with van der Waals surface area (Å²) in [4.78, 5) is 11.3. The second-order valence-electron chi connectivity index (χ2n) is 3.54. The van der Waals surface area contributed by atoms with Crippen LogP contribution in [0.25, 0.3) is 0 Å². The number of hydrogen-bond acceptors (Lipinski definition) is 4. The van der Waals surface area contributed by atoms with Crippen molar-refractivity contribution in [2.24, 2.45) is 0 Å². The minimum Gasteiger partial charge on any atom is -0.345 e. The van der Waals surface area contributed by atoms with Crippen molar-refractivity contribution < 1.29 is 0 Å². The third-order valence-corrected chi connectivity index (χ3v) is 4.80. The Morgan fingerprint density at radius 1 is 1.39 bits per heavy atom. The molecule has 2 N–H and O–H groups in total. The van der Waals surface area contributed by atoms with E-state index in [0.717, 1.165) is 31.7 Å². The maximum atomic E-state index is 11.3. The van der Waals surface area contributed by atoms with Crippen LogP contribution >= 0.6 is 43.4 Å². The second-order valence-corrected chi connectivity index (χ2v) is 6.06. The molecule has 7 heteroatoms. The van der Waals surface area contributed by atoms with Crippen LogP contribution in [0.15, 0.2) is 25.9 Å². The number of nitrogens with one attached hydrogen (secondary N) is 2. The number of benzene rings is 1. The fourth-order valence-electron chi connectivity index (χ4n) is 1.34. The highest BCUT2D eigenvalue weighted by molar-refractivity contribution is 9.11. The van der Waals surface area contributed by atoms with Crippen LogP contribution in [0.2, 0.25) is 0 Å². The predicted octanol–water partition coefficient (Wildman–Crippen LogP) is 3.89. The van der Waals surface area contributed by atoms with Crippen LogP contribution in [0.3, 0.4) is 0 Å². The van der Waals surface area contributed by atoms with Crippen molar-refractivity contribution in [3.63, 3.8) is 0 Å². The molecule has 18 heavy (non-hydrogen) atoms. The zero-order valence-electron chi connectivity index (χ0n) is 9.17. The molecule has 2 rings (SSSR count). The second kappa shape index (κ2) is 5.26. The first kappa shape index (κ1) is 13.3. The van der Waals surface area contributed by atoms with E-state index in [9.17, 15) is 4.79 Å². The molecule has 0 atom stereocenters. The maximum Gasteiger partial charge on any atom is 0.278 e. The molecule has 1 heterocycles. The first-order chi connectivity index (χ1) is 8.52. The average molecular weight is 389 g/mol. The standard InChI is InChI=1S/C11H7Br2N3OS/c1-5-8(12)2-6(3-9(5)13)15-11-7(4-14)10(17)16-18-11/h2-3,15H,1H3,(H,16,17). The summed E-state index contributed by atoms with van der Waals surface area (Å²) in [6, 6.07) is 5.67. The van der Waals surface area contributed by atoms with Crippen molar-refractivity contribution >= 4 is 54.1 Å². The van der Waals surface area contributed by atoms with Gasteiger partial charge in [0.25, 0.3) is 5.56 Å². The molecule has 0 amide bonds. The Bertz CT molecular complexity index is 676. The van der Waals surface area contributed by atoms with Crippen molar-refractivity contribution in [3.8, 4) is 6.07 Å². The summed E-state index contributed by atoms with van der Waals surface area (Å²) < 4.78 is 4.42. The summed E-state index contributed by atoms with van der Waals surface area (Å²) >= 11 is 8.01. The Morgan fingerprint density at radius 3 is 2.56 bits per heavy atom. The van der Waals surface area contributed by atoms with E-state index in [4.69, 9.17) is 5.26 Å². The lowest BCUT2D eigenvalue weighted by Gasteiger charge is -2.08. The lowest BCUT2D eigenvalue weighted by molar-refractivity contribution is 1.37. The van der Waals surface area contributed by atoms with Gasteiger partial charge in [-0.2, -0.15) is 5.26 Å². The van der Waals surface area contributed by atoms with Gasteiger partial charge < -0.3 is 5.32 Å². The molecule has 0 radical (unpaired) electrons. The molecule has 0 fully saturated rings. The zero-order valence-corrected chi connectivity index (χ0v) is 13.2. The lowest BCUT2D eigenvalue weighted by Crippen LogP contribution is -2.02. The Labute approximate surface area is 124 Å². The van der Waals surface area contributed by atoms with Gasteiger partial charge in [-0.1, -0.05) is 31.9 Å². The van der Waals surface area contributed by atoms with Crippen molar-refractivity contribution in [1.29, 1.82) is 5.26 Å². The molecule has 0 bridgehead atoms. The molecule has 0 aliphatic heterocycles. The van der Waals surface area contributed by atoms with E-state index in [-0.39, 0.29) is 11.1 Å². The maximum absolute atomic E-state index is 11.3. The van der Waals surface area contributed by atoms with E-state index < -0.39 is 0 Å². The van der Waals surface area contributed by atoms with Gasteiger partial charge in [-0.3, -0.25) is 9.17 Å². The largest absolute Gasteiger partial charge is 0.345 e. The van der Waals surface area contributed by atoms with E-state index in [1.165, 1.54) is 0 Å². The number of halogens is 2. The minimum absolute atomic E-state index is 0.104. The van der Waals surface area contributed by atoms with Crippen molar-refractivity contribution in [2.75, 3.05) is 5.32 Å². The number of rotatable bonds is 2. The van der Waals surface area contributed by atoms with Crippen LogP contribution in [0.4, 0.5) is 10.7 Å². The van der Waals surface area contributed by atoms with Gasteiger partial charge in [-0.15, -0.1) is 0 Å². The molecule has 0 saturated carbocycles. The highest BCUT2D eigenvalue weighted by Gasteiger charge is 2.11. The predicted molar refractivity (Wildman–Crippen MR) is 79.5 cm³/mol. The Hall–Kier alpha value is -1.10. The summed E-state index contributed by atoms with van der Waals surface area (Å²) in [5.74, 6) is 0. The van der Waals surface area contributed by atoms with E-state index in [2.05, 4.69) is 41.6 Å². The molecule has 92 valence electrons. The SMILES string of the molecule is Cc1c(Br)cc(Nc2s[nH]c(=O)c2C#N)cc1Br. The number of anilines is 2. The van der Waals surface area contributed by atoms with E-state index >= 15 is 0 Å². The fourth-order valence-corrected chi connectivity index (χ4v) is 3.23. The summed E-state index contributed by atoms with van der Waals surface area (Å²) in [7, 11) is 0. The number of H-pyrrole nitrogens is 1. The third-order valence-electron chi connectivity index (χ3n) is 2.35. The van der Waals surface area contributed by atoms with Crippen molar-refractivity contribution in [2.45, 2.75) is 6.92 Å². The lowest BCUT2D eigenvalue weighted by atomic mass is 10.2. The van der Waals surface area contributed by atoms with Crippen molar-refractivity contribution in [3.05, 3.63) is 42.6 Å². The smallest absolute Gasteiger partial charge is 0.278 e. The monoisotopic (exact) mass is 387 g/mol. The van der Waals surface area contributed by atoms with Gasteiger partial charge in [0.2, 0.25) is 0 Å². The molecule has 0 unspecified atom stereocenters. The number of aromatic nitrogens is 1. The molecule has 1 aromatic heterocycles. The van der Waals surface area contributed by atoms with Crippen LogP contribution in [0, 0.1) is 18.3 Å². The van der Waals surface area contributed by atoms with Gasteiger partial charge in [0.15, 0.2) is 5.56 Å². The molecule has 0 spiro atoms.